The van der Waals surface area contributed by atoms with Crippen LogP contribution in [0.4, 0.5) is 0 Å². The highest BCUT2D eigenvalue weighted by Crippen LogP contribution is 2.52. The van der Waals surface area contributed by atoms with Gasteiger partial charge in [0.25, 0.3) is 10.1 Å². The van der Waals surface area contributed by atoms with Gasteiger partial charge in [-0.2, -0.15) is 8.42 Å². The van der Waals surface area contributed by atoms with Crippen molar-refractivity contribution >= 4 is 15.7 Å². The average molecular weight is 401 g/mol. The Morgan fingerprint density at radius 1 is 1.07 bits per heavy atom. The second-order valence-electron chi connectivity index (χ2n) is 9.29. The van der Waals surface area contributed by atoms with E-state index >= 15 is 0 Å². The Balaban J connectivity index is 1.27. The summed E-state index contributed by atoms with van der Waals surface area (Å²) in [7, 11) is -3.38. The Kier molecular flexibility index (Phi) is 4.44. The first-order valence-electron chi connectivity index (χ1n) is 10.4. The van der Waals surface area contributed by atoms with Crippen LogP contribution in [0.15, 0.2) is 36.4 Å². The number of phenolic OH excluding ortho intramolecular Hbond substituents is 1. The summed E-state index contributed by atoms with van der Waals surface area (Å²) in [5, 5.41) is 10.6. The van der Waals surface area contributed by atoms with Gasteiger partial charge >= 0.3 is 0 Å². The van der Waals surface area contributed by atoms with Crippen molar-refractivity contribution in [3.63, 3.8) is 0 Å². The van der Waals surface area contributed by atoms with Gasteiger partial charge < -0.3 is 5.11 Å². The van der Waals surface area contributed by atoms with Crippen LogP contribution >= 0.6 is 0 Å². The molecule has 28 heavy (non-hydrogen) atoms. The monoisotopic (exact) mass is 400 g/mol. The maximum absolute atomic E-state index is 11.2. The van der Waals surface area contributed by atoms with Crippen LogP contribution in [-0.4, -0.2) is 26.4 Å². The highest BCUT2D eigenvalue weighted by atomic mass is 32.2. The summed E-state index contributed by atoms with van der Waals surface area (Å²) < 4.78 is 27.5. The fraction of sp³-hybridized carbons (Fsp3) is 0.565. The van der Waals surface area contributed by atoms with E-state index in [9.17, 15) is 13.5 Å². The molecule has 2 fully saturated rings. The summed E-state index contributed by atoms with van der Waals surface area (Å²) in [6, 6.07) is 6.21. The Hall–Kier alpha value is -1.59. The molecule has 2 saturated carbocycles. The molecule has 4 aliphatic rings. The first-order chi connectivity index (χ1) is 13.4. The summed E-state index contributed by atoms with van der Waals surface area (Å²) in [5.41, 5.74) is 3.49. The quantitative estimate of drug-likeness (QED) is 0.575. The number of benzene rings is 1. The first kappa shape index (κ1) is 18.4. The molecule has 0 aliphatic heterocycles. The van der Waals surface area contributed by atoms with Crippen molar-refractivity contribution in [2.24, 2.45) is 35.5 Å². The van der Waals surface area contributed by atoms with Crippen molar-refractivity contribution in [1.29, 1.82) is 0 Å². The van der Waals surface area contributed by atoms with Gasteiger partial charge in [0.05, 0.1) is 12.9 Å². The Morgan fingerprint density at radius 2 is 1.93 bits per heavy atom. The Morgan fingerprint density at radius 3 is 2.54 bits per heavy atom. The molecule has 4 bridgehead atoms. The number of allylic oxidation sites excluding steroid dienone is 4. The molecule has 4 aliphatic carbocycles. The van der Waals surface area contributed by atoms with E-state index in [1.807, 2.05) is 6.07 Å². The fourth-order valence-corrected chi connectivity index (χ4v) is 6.47. The molecule has 0 heterocycles. The molecule has 0 aromatic heterocycles. The lowest BCUT2D eigenvalue weighted by Gasteiger charge is -2.22. The SMILES string of the molecule is CS(=O)(=O)OCC1CC2CC1C=C2c1ccc(CC2CC3C=CC2C3)c(O)c1. The fourth-order valence-electron chi connectivity index (χ4n) is 6.04. The van der Waals surface area contributed by atoms with Crippen LogP contribution in [0.25, 0.3) is 5.57 Å². The van der Waals surface area contributed by atoms with Gasteiger partial charge in [-0.3, -0.25) is 4.18 Å². The van der Waals surface area contributed by atoms with E-state index in [1.54, 1.807) is 0 Å². The molecule has 0 spiro atoms. The zero-order chi connectivity index (χ0) is 19.5. The van der Waals surface area contributed by atoms with Gasteiger partial charge in [-0.05, 0) is 90.4 Å². The molecule has 150 valence electrons. The summed E-state index contributed by atoms with van der Waals surface area (Å²) >= 11 is 0. The van der Waals surface area contributed by atoms with Crippen molar-refractivity contribution in [1.82, 2.24) is 0 Å². The van der Waals surface area contributed by atoms with Crippen LogP contribution in [0.3, 0.4) is 0 Å². The summed E-state index contributed by atoms with van der Waals surface area (Å²) in [6.45, 7) is 0.284. The lowest BCUT2D eigenvalue weighted by Crippen LogP contribution is -2.18. The topological polar surface area (TPSA) is 63.6 Å². The molecule has 0 amide bonds. The summed E-state index contributed by atoms with van der Waals surface area (Å²) in [6.07, 6.45) is 13.7. The molecule has 5 rings (SSSR count). The molecule has 0 radical (unpaired) electrons. The zero-order valence-electron chi connectivity index (χ0n) is 16.3. The second-order valence-corrected chi connectivity index (χ2v) is 10.9. The molecular weight excluding hydrogens is 372 g/mol. The number of hydrogen-bond acceptors (Lipinski definition) is 4. The lowest BCUT2D eigenvalue weighted by molar-refractivity contribution is 0.236. The van der Waals surface area contributed by atoms with Crippen LogP contribution in [0, 0.1) is 35.5 Å². The lowest BCUT2D eigenvalue weighted by atomic mass is 9.85. The third-order valence-corrected chi connectivity index (χ3v) is 7.96. The van der Waals surface area contributed by atoms with Crippen LogP contribution in [0.2, 0.25) is 0 Å². The van der Waals surface area contributed by atoms with Crippen molar-refractivity contribution in [3.05, 3.63) is 47.6 Å². The zero-order valence-corrected chi connectivity index (χ0v) is 17.1. The van der Waals surface area contributed by atoms with Gasteiger partial charge in [0.1, 0.15) is 5.75 Å². The maximum atomic E-state index is 11.2. The smallest absolute Gasteiger partial charge is 0.264 e. The van der Waals surface area contributed by atoms with Gasteiger partial charge in [-0.15, -0.1) is 0 Å². The molecule has 5 heteroatoms. The molecule has 6 unspecified atom stereocenters. The van der Waals surface area contributed by atoms with E-state index in [0.717, 1.165) is 42.6 Å². The van der Waals surface area contributed by atoms with Gasteiger partial charge in [0.15, 0.2) is 0 Å². The van der Waals surface area contributed by atoms with E-state index in [0.29, 0.717) is 29.4 Å². The van der Waals surface area contributed by atoms with Gasteiger partial charge in [0.2, 0.25) is 0 Å². The minimum Gasteiger partial charge on any atom is -0.508 e. The van der Waals surface area contributed by atoms with Crippen LogP contribution in [-0.2, 0) is 20.7 Å². The number of hydrogen-bond donors (Lipinski definition) is 1. The van der Waals surface area contributed by atoms with E-state index in [2.05, 4.69) is 30.4 Å². The standard InChI is InChI=1S/C23H28O4S/c1-28(25,26)27-13-21-10-20-9-19(21)11-22(20)16-4-5-17(23(24)12-16)8-18-7-14-2-3-15(18)6-14/h2-5,11-12,14-15,18-21,24H,6-10,13H2,1H3. The molecule has 1 N–H and O–H groups in total. The average Bonchev–Trinajstić information content (AvgIpc) is 3.41. The van der Waals surface area contributed by atoms with E-state index in [-0.39, 0.29) is 12.5 Å². The molecule has 1 aromatic rings. The minimum atomic E-state index is -3.38. The normalized spacial score (nSPS) is 35.7. The van der Waals surface area contributed by atoms with E-state index in [1.165, 1.54) is 18.4 Å². The van der Waals surface area contributed by atoms with Crippen molar-refractivity contribution < 1.29 is 17.7 Å². The molecule has 6 atom stereocenters. The van der Waals surface area contributed by atoms with Crippen molar-refractivity contribution in [2.45, 2.75) is 32.1 Å². The largest absolute Gasteiger partial charge is 0.508 e. The number of rotatable bonds is 6. The van der Waals surface area contributed by atoms with Crippen LogP contribution < -0.4 is 0 Å². The second kappa shape index (κ2) is 6.74. The first-order valence-corrected chi connectivity index (χ1v) is 12.2. The molecule has 1 aromatic carbocycles. The number of phenols is 1. The van der Waals surface area contributed by atoms with Gasteiger partial charge in [-0.1, -0.05) is 30.4 Å². The Bertz CT molecular complexity index is 945. The summed E-state index contributed by atoms with van der Waals surface area (Å²) in [4.78, 5) is 0. The highest BCUT2D eigenvalue weighted by molar-refractivity contribution is 7.85. The van der Waals surface area contributed by atoms with E-state index < -0.39 is 10.1 Å². The van der Waals surface area contributed by atoms with Crippen molar-refractivity contribution in [2.75, 3.05) is 12.9 Å². The Labute approximate surface area is 167 Å². The summed E-state index contributed by atoms with van der Waals surface area (Å²) in [5.74, 6) is 3.65. The maximum Gasteiger partial charge on any atom is 0.264 e. The predicted octanol–water partition coefficient (Wildman–Crippen LogP) is 4.16. The minimum absolute atomic E-state index is 0.280. The van der Waals surface area contributed by atoms with Gasteiger partial charge in [-0.25, -0.2) is 0 Å². The molecular formula is C23H28O4S. The predicted molar refractivity (Wildman–Crippen MR) is 109 cm³/mol. The number of fused-ring (bicyclic) bond motifs is 4. The molecule has 0 saturated heterocycles. The third-order valence-electron chi connectivity index (χ3n) is 7.40. The van der Waals surface area contributed by atoms with Crippen LogP contribution in [0.5, 0.6) is 5.75 Å². The molecule has 4 nitrogen and oxygen atoms in total. The third kappa shape index (κ3) is 3.43. The van der Waals surface area contributed by atoms with E-state index in [4.69, 9.17) is 4.18 Å². The van der Waals surface area contributed by atoms with Crippen LogP contribution in [0.1, 0.15) is 36.8 Å². The van der Waals surface area contributed by atoms with Crippen molar-refractivity contribution in [3.8, 4) is 5.75 Å². The number of aromatic hydroxyl groups is 1. The van der Waals surface area contributed by atoms with Gasteiger partial charge in [0, 0.05) is 0 Å². The highest BCUT2D eigenvalue weighted by Gasteiger charge is 2.41.